The van der Waals surface area contributed by atoms with Crippen molar-refractivity contribution >= 4 is 11.8 Å². The molecular weight excluding hydrogens is 368 g/mol. The van der Waals surface area contributed by atoms with E-state index in [1.807, 2.05) is 24.3 Å². The van der Waals surface area contributed by atoms with Gasteiger partial charge in [0.25, 0.3) is 11.8 Å². The molecule has 0 unspecified atom stereocenters. The van der Waals surface area contributed by atoms with Gasteiger partial charge in [0, 0.05) is 5.56 Å². The van der Waals surface area contributed by atoms with Crippen LogP contribution in [0.3, 0.4) is 0 Å². The van der Waals surface area contributed by atoms with Crippen LogP contribution >= 0.6 is 0 Å². The maximum absolute atomic E-state index is 12.1. The van der Waals surface area contributed by atoms with Crippen molar-refractivity contribution in [2.24, 2.45) is 0 Å². The van der Waals surface area contributed by atoms with Crippen LogP contribution in [-0.2, 0) is 12.0 Å². The van der Waals surface area contributed by atoms with Crippen LogP contribution in [0.5, 0.6) is 5.75 Å². The van der Waals surface area contributed by atoms with E-state index in [9.17, 15) is 9.59 Å². The van der Waals surface area contributed by atoms with Crippen LogP contribution in [0.4, 0.5) is 0 Å². The molecule has 0 saturated heterocycles. The van der Waals surface area contributed by atoms with E-state index in [1.165, 1.54) is 24.2 Å². The number of carbonyl (C=O) groups excluding carboxylic acids is 2. The van der Waals surface area contributed by atoms with Gasteiger partial charge in [-0.3, -0.25) is 20.4 Å². The molecule has 1 aromatic heterocycles. The Balaban J connectivity index is 1.50. The second-order valence-electron chi connectivity index (χ2n) is 7.68. The second-order valence-corrected chi connectivity index (χ2v) is 7.68. The molecule has 0 radical (unpaired) electrons. The zero-order valence-electron chi connectivity index (χ0n) is 16.7. The van der Waals surface area contributed by atoms with Crippen molar-refractivity contribution in [3.05, 3.63) is 89.4 Å². The Hall–Kier alpha value is -3.54. The molecule has 0 fully saturated rings. The van der Waals surface area contributed by atoms with Gasteiger partial charge in [-0.25, -0.2) is 0 Å². The van der Waals surface area contributed by atoms with Crippen LogP contribution in [0.1, 0.15) is 52.6 Å². The molecule has 6 heteroatoms. The molecule has 0 bridgehead atoms. The number of benzene rings is 2. The number of hydrogen-bond donors (Lipinski definition) is 2. The number of carbonyl (C=O) groups is 2. The molecule has 2 aromatic carbocycles. The Bertz CT molecular complexity index is 954. The summed E-state index contributed by atoms with van der Waals surface area (Å²) in [5, 5.41) is 0. The third-order valence-corrected chi connectivity index (χ3v) is 4.41. The van der Waals surface area contributed by atoms with Gasteiger partial charge in [-0.05, 0) is 46.9 Å². The Labute approximate surface area is 169 Å². The van der Waals surface area contributed by atoms with E-state index in [4.69, 9.17) is 9.15 Å². The third kappa shape index (κ3) is 5.48. The molecular formula is C23H24N2O4. The van der Waals surface area contributed by atoms with E-state index in [2.05, 4.69) is 43.8 Å². The predicted octanol–water partition coefficient (Wildman–Crippen LogP) is 4.23. The summed E-state index contributed by atoms with van der Waals surface area (Å²) in [6.45, 7) is 6.91. The number of rotatable bonds is 5. The van der Waals surface area contributed by atoms with Gasteiger partial charge in [0.1, 0.15) is 18.6 Å². The van der Waals surface area contributed by atoms with Crippen molar-refractivity contribution in [1.82, 2.24) is 10.9 Å². The average Bonchev–Trinajstić information content (AvgIpc) is 3.25. The van der Waals surface area contributed by atoms with E-state index in [1.54, 1.807) is 12.1 Å². The van der Waals surface area contributed by atoms with Crippen LogP contribution < -0.4 is 15.6 Å². The summed E-state index contributed by atoms with van der Waals surface area (Å²) in [7, 11) is 0. The van der Waals surface area contributed by atoms with E-state index < -0.39 is 11.8 Å². The minimum Gasteiger partial charge on any atom is -0.489 e. The molecule has 6 nitrogen and oxygen atoms in total. The van der Waals surface area contributed by atoms with E-state index in [0.717, 1.165) is 11.3 Å². The summed E-state index contributed by atoms with van der Waals surface area (Å²) in [5.74, 6) is -0.0662. The second kappa shape index (κ2) is 8.65. The largest absolute Gasteiger partial charge is 0.489 e. The number of furan rings is 1. The van der Waals surface area contributed by atoms with Gasteiger partial charge in [0.05, 0.1) is 11.8 Å². The van der Waals surface area contributed by atoms with Gasteiger partial charge < -0.3 is 9.15 Å². The highest BCUT2D eigenvalue weighted by atomic mass is 16.5. The molecule has 1 heterocycles. The molecule has 3 rings (SSSR count). The Morgan fingerprint density at radius 1 is 0.862 bits per heavy atom. The summed E-state index contributed by atoms with van der Waals surface area (Å²) in [6, 6.07) is 16.6. The normalized spacial score (nSPS) is 11.0. The molecule has 2 N–H and O–H groups in total. The number of amides is 2. The zero-order chi connectivity index (χ0) is 20.9. The first-order valence-corrected chi connectivity index (χ1v) is 9.28. The van der Waals surface area contributed by atoms with Crippen molar-refractivity contribution in [2.75, 3.05) is 0 Å². The maximum Gasteiger partial charge on any atom is 0.272 e. The highest BCUT2D eigenvalue weighted by Gasteiger charge is 2.13. The fourth-order valence-corrected chi connectivity index (χ4v) is 2.62. The minimum atomic E-state index is -0.449. The Morgan fingerprint density at radius 2 is 1.48 bits per heavy atom. The van der Waals surface area contributed by atoms with Crippen LogP contribution in [0.25, 0.3) is 0 Å². The molecule has 29 heavy (non-hydrogen) atoms. The Morgan fingerprint density at radius 3 is 2.03 bits per heavy atom. The summed E-state index contributed by atoms with van der Waals surface area (Å²) >= 11 is 0. The summed E-state index contributed by atoms with van der Waals surface area (Å²) in [4.78, 5) is 23.9. The minimum absolute atomic E-state index is 0.104. The highest BCUT2D eigenvalue weighted by Crippen LogP contribution is 2.24. The smallest absolute Gasteiger partial charge is 0.272 e. The molecule has 2 amide bonds. The molecule has 0 saturated carbocycles. The lowest BCUT2D eigenvalue weighted by molar-refractivity contribution is 0.0846. The number of hydrazine groups is 1. The first-order valence-electron chi connectivity index (χ1n) is 9.28. The monoisotopic (exact) mass is 392 g/mol. The quantitative estimate of drug-likeness (QED) is 0.637. The summed E-state index contributed by atoms with van der Waals surface area (Å²) in [6.07, 6.45) is 2.68. The van der Waals surface area contributed by atoms with E-state index in [0.29, 0.717) is 17.7 Å². The Kier molecular flexibility index (Phi) is 6.02. The summed E-state index contributed by atoms with van der Waals surface area (Å²) < 4.78 is 10.6. The molecule has 0 aliphatic carbocycles. The molecule has 0 atom stereocenters. The van der Waals surface area contributed by atoms with Gasteiger partial charge in [0.2, 0.25) is 0 Å². The molecule has 3 aromatic rings. The van der Waals surface area contributed by atoms with Gasteiger partial charge in [-0.1, -0.05) is 45.0 Å². The lowest BCUT2D eigenvalue weighted by Gasteiger charge is -2.19. The molecule has 0 aliphatic heterocycles. The van der Waals surface area contributed by atoms with Gasteiger partial charge in [-0.15, -0.1) is 0 Å². The summed E-state index contributed by atoms with van der Waals surface area (Å²) in [5.41, 5.74) is 7.75. The standard InChI is InChI=1S/C23H24N2O4/c1-23(2,3)19-8-10-20(11-9-19)29-14-16-4-6-17(7-5-16)21(26)24-25-22(27)18-12-13-28-15-18/h4-13,15H,14H2,1-3H3,(H,24,26)(H,25,27). The van der Waals surface area contributed by atoms with Crippen molar-refractivity contribution in [2.45, 2.75) is 32.8 Å². The van der Waals surface area contributed by atoms with Crippen LogP contribution in [0.2, 0.25) is 0 Å². The number of hydrogen-bond acceptors (Lipinski definition) is 4. The van der Waals surface area contributed by atoms with Gasteiger partial charge in [-0.2, -0.15) is 0 Å². The number of ether oxygens (including phenoxy) is 1. The van der Waals surface area contributed by atoms with Gasteiger partial charge in [0.15, 0.2) is 0 Å². The van der Waals surface area contributed by atoms with Crippen LogP contribution in [0.15, 0.2) is 71.5 Å². The first kappa shape index (κ1) is 20.2. The SMILES string of the molecule is CC(C)(C)c1ccc(OCc2ccc(C(=O)NNC(=O)c3ccoc3)cc2)cc1. The zero-order valence-corrected chi connectivity index (χ0v) is 16.7. The van der Waals surface area contributed by atoms with Crippen molar-refractivity contribution < 1.29 is 18.7 Å². The fraction of sp³-hybridized carbons (Fsp3) is 0.217. The third-order valence-electron chi connectivity index (χ3n) is 4.41. The van der Waals surface area contributed by atoms with Crippen LogP contribution in [0, 0.1) is 0 Å². The molecule has 0 spiro atoms. The van der Waals surface area contributed by atoms with Crippen molar-refractivity contribution in [3.8, 4) is 5.75 Å². The maximum atomic E-state index is 12.1. The van der Waals surface area contributed by atoms with Crippen molar-refractivity contribution in [3.63, 3.8) is 0 Å². The lowest BCUT2D eigenvalue weighted by Crippen LogP contribution is -2.41. The lowest BCUT2D eigenvalue weighted by atomic mass is 9.87. The molecule has 150 valence electrons. The number of nitrogens with one attached hydrogen (secondary N) is 2. The van der Waals surface area contributed by atoms with E-state index in [-0.39, 0.29) is 5.41 Å². The fourth-order valence-electron chi connectivity index (χ4n) is 2.62. The molecule has 0 aliphatic rings. The van der Waals surface area contributed by atoms with Gasteiger partial charge >= 0.3 is 0 Å². The van der Waals surface area contributed by atoms with Crippen LogP contribution in [-0.4, -0.2) is 11.8 Å². The predicted molar refractivity (Wildman–Crippen MR) is 110 cm³/mol. The van der Waals surface area contributed by atoms with Crippen molar-refractivity contribution in [1.29, 1.82) is 0 Å². The average molecular weight is 392 g/mol. The topological polar surface area (TPSA) is 80.6 Å². The first-order chi connectivity index (χ1) is 13.8. The van der Waals surface area contributed by atoms with E-state index >= 15 is 0 Å². The highest BCUT2D eigenvalue weighted by molar-refractivity contribution is 5.98.